The molecule has 0 unspecified atom stereocenters. The van der Waals surface area contributed by atoms with E-state index >= 15 is 0 Å². The molecule has 0 aliphatic carbocycles. The van der Waals surface area contributed by atoms with Crippen molar-refractivity contribution in [3.8, 4) is 5.75 Å². The lowest BCUT2D eigenvalue weighted by molar-refractivity contribution is -0.123. The minimum Gasteiger partial charge on any atom is -0.488 e. The van der Waals surface area contributed by atoms with Gasteiger partial charge in [-0.2, -0.15) is 0 Å². The number of benzene rings is 1. The van der Waals surface area contributed by atoms with Crippen LogP contribution in [0, 0.1) is 5.92 Å². The summed E-state index contributed by atoms with van der Waals surface area (Å²) < 4.78 is 6.08. The molecule has 4 N–H and O–H groups in total. The monoisotopic (exact) mass is 431 g/mol. The van der Waals surface area contributed by atoms with Gasteiger partial charge in [0.1, 0.15) is 11.4 Å². The van der Waals surface area contributed by atoms with Crippen LogP contribution in [-0.2, 0) is 11.3 Å². The average Bonchev–Trinajstić information content (AvgIpc) is 2.72. The van der Waals surface area contributed by atoms with Gasteiger partial charge in [-0.25, -0.2) is 4.99 Å². The third-order valence-electron chi connectivity index (χ3n) is 5.32. The fourth-order valence-corrected chi connectivity index (χ4v) is 3.68. The molecule has 0 aromatic heterocycles. The van der Waals surface area contributed by atoms with Gasteiger partial charge in [0.15, 0.2) is 5.96 Å². The van der Waals surface area contributed by atoms with Crippen LogP contribution in [-0.4, -0.2) is 55.1 Å². The number of likely N-dealkylation sites (tertiary alicyclic amines) is 1. The molecule has 7 nitrogen and oxygen atoms in total. The van der Waals surface area contributed by atoms with E-state index in [9.17, 15) is 4.79 Å². The van der Waals surface area contributed by atoms with Gasteiger partial charge >= 0.3 is 0 Å². The van der Waals surface area contributed by atoms with Gasteiger partial charge in [-0.05, 0) is 79.1 Å². The molecule has 31 heavy (non-hydrogen) atoms. The Labute approximate surface area is 187 Å². The molecule has 1 fully saturated rings. The van der Waals surface area contributed by atoms with Crippen molar-refractivity contribution in [2.24, 2.45) is 16.6 Å². The van der Waals surface area contributed by atoms with Crippen LogP contribution in [0.15, 0.2) is 29.3 Å². The molecule has 1 amide bonds. The highest BCUT2D eigenvalue weighted by Crippen LogP contribution is 2.23. The van der Waals surface area contributed by atoms with Crippen LogP contribution in [0.5, 0.6) is 5.75 Å². The van der Waals surface area contributed by atoms with Crippen LogP contribution in [0.2, 0.25) is 0 Å². The quantitative estimate of drug-likeness (QED) is 0.301. The Morgan fingerprint density at radius 3 is 2.55 bits per heavy atom. The molecule has 1 aliphatic heterocycles. The predicted molar refractivity (Wildman–Crippen MR) is 127 cm³/mol. The summed E-state index contributed by atoms with van der Waals surface area (Å²) in [6.45, 7) is 13.5. The zero-order valence-corrected chi connectivity index (χ0v) is 19.7. The molecule has 1 heterocycles. The van der Waals surface area contributed by atoms with E-state index in [0.717, 1.165) is 75.7 Å². The molecule has 1 aromatic carbocycles. The number of unbranched alkanes of at least 4 members (excludes halogenated alkanes) is 1. The van der Waals surface area contributed by atoms with E-state index in [2.05, 4.69) is 49.3 Å². The first-order valence-corrected chi connectivity index (χ1v) is 11.6. The molecular formula is C24H41N5O2. The summed E-state index contributed by atoms with van der Waals surface area (Å²) in [5, 5.41) is 6.76. The number of ether oxygens (including phenoxy) is 1. The number of nitrogens with one attached hydrogen (secondary N) is 2. The minimum atomic E-state index is -0.238. The second kappa shape index (κ2) is 12.5. The van der Waals surface area contributed by atoms with E-state index in [4.69, 9.17) is 15.5 Å². The largest absolute Gasteiger partial charge is 0.488 e. The molecule has 0 bridgehead atoms. The Balaban J connectivity index is 1.75. The van der Waals surface area contributed by atoms with E-state index in [-0.39, 0.29) is 17.4 Å². The van der Waals surface area contributed by atoms with Crippen LogP contribution in [0.25, 0.3) is 0 Å². The van der Waals surface area contributed by atoms with Crippen molar-refractivity contribution < 1.29 is 9.53 Å². The summed E-state index contributed by atoms with van der Waals surface area (Å²) in [6, 6.07) is 8.08. The summed E-state index contributed by atoms with van der Waals surface area (Å²) in [5.74, 6) is 1.63. The minimum absolute atomic E-state index is 0.0655. The molecule has 0 spiro atoms. The van der Waals surface area contributed by atoms with Crippen molar-refractivity contribution in [2.45, 2.75) is 65.5 Å². The smallest absolute Gasteiger partial charge is 0.220 e. The zero-order chi connectivity index (χ0) is 22.7. The fraction of sp³-hybridized carbons (Fsp3) is 0.667. The molecule has 0 radical (unpaired) electrons. The number of hydrogen-bond acceptors (Lipinski definition) is 4. The van der Waals surface area contributed by atoms with Gasteiger partial charge < -0.3 is 26.0 Å². The van der Waals surface area contributed by atoms with Gasteiger partial charge in [0.05, 0.1) is 6.54 Å². The number of nitrogens with zero attached hydrogens (tertiary/aromatic N) is 2. The molecule has 0 saturated carbocycles. The lowest BCUT2D eigenvalue weighted by atomic mass is 9.96. The Kier molecular flexibility index (Phi) is 10.1. The number of carbonyl (C=O) groups excluding carboxylic acids is 1. The molecule has 0 atom stereocenters. The molecular weight excluding hydrogens is 390 g/mol. The lowest BCUT2D eigenvalue weighted by Crippen LogP contribution is -2.39. The molecule has 174 valence electrons. The third kappa shape index (κ3) is 9.59. The van der Waals surface area contributed by atoms with Crippen LogP contribution in [0.4, 0.5) is 0 Å². The topological polar surface area (TPSA) is 92.0 Å². The molecule has 7 heteroatoms. The number of hydrogen-bond donors (Lipinski definition) is 3. The molecule has 1 aliphatic rings. The van der Waals surface area contributed by atoms with Crippen molar-refractivity contribution in [3.05, 3.63) is 29.8 Å². The second-order valence-corrected chi connectivity index (χ2v) is 9.17. The number of primary amides is 1. The van der Waals surface area contributed by atoms with E-state index in [1.54, 1.807) is 0 Å². The lowest BCUT2D eigenvalue weighted by Gasteiger charge is -2.30. The van der Waals surface area contributed by atoms with Gasteiger partial charge in [-0.15, -0.1) is 0 Å². The summed E-state index contributed by atoms with van der Waals surface area (Å²) in [6.07, 6.45) is 3.98. The van der Waals surface area contributed by atoms with Crippen LogP contribution in [0.3, 0.4) is 0 Å². The highest BCUT2D eigenvalue weighted by molar-refractivity contribution is 5.79. The van der Waals surface area contributed by atoms with Gasteiger partial charge in [-0.3, -0.25) is 4.79 Å². The Hall–Kier alpha value is -2.28. The maximum atomic E-state index is 11.3. The van der Waals surface area contributed by atoms with E-state index in [1.807, 2.05) is 18.2 Å². The average molecular weight is 432 g/mol. The number of amides is 1. The van der Waals surface area contributed by atoms with Crippen molar-refractivity contribution in [2.75, 3.05) is 32.7 Å². The number of para-hydroxylation sites is 1. The summed E-state index contributed by atoms with van der Waals surface area (Å²) in [4.78, 5) is 18.5. The van der Waals surface area contributed by atoms with E-state index in [0.29, 0.717) is 6.54 Å². The molecule has 1 saturated heterocycles. The predicted octanol–water partition coefficient (Wildman–Crippen LogP) is 2.90. The zero-order valence-electron chi connectivity index (χ0n) is 19.7. The number of piperidine rings is 1. The summed E-state index contributed by atoms with van der Waals surface area (Å²) in [5.41, 5.74) is 6.25. The fourth-order valence-electron chi connectivity index (χ4n) is 3.68. The van der Waals surface area contributed by atoms with Crippen molar-refractivity contribution in [1.29, 1.82) is 0 Å². The van der Waals surface area contributed by atoms with Crippen LogP contribution >= 0.6 is 0 Å². The first-order valence-electron chi connectivity index (χ1n) is 11.6. The van der Waals surface area contributed by atoms with Crippen molar-refractivity contribution in [1.82, 2.24) is 15.5 Å². The van der Waals surface area contributed by atoms with E-state index in [1.165, 1.54) is 0 Å². The van der Waals surface area contributed by atoms with Crippen LogP contribution in [0.1, 0.15) is 58.9 Å². The third-order valence-corrected chi connectivity index (χ3v) is 5.32. The highest BCUT2D eigenvalue weighted by atomic mass is 16.5. The van der Waals surface area contributed by atoms with Crippen molar-refractivity contribution in [3.63, 3.8) is 0 Å². The standard InChI is InChI=1S/C24H41N5O2/c1-5-26-23(28-18-20-10-6-7-11-21(20)31-24(2,3)4)27-14-8-9-15-29-16-12-19(13-17-29)22(25)30/h6-7,10-11,19H,5,8-9,12-18H2,1-4H3,(H2,25,30)(H2,26,27,28). The number of rotatable bonds is 10. The van der Waals surface area contributed by atoms with Gasteiger partial charge in [0, 0.05) is 24.6 Å². The number of aliphatic imine (C=N–C) groups is 1. The van der Waals surface area contributed by atoms with Gasteiger partial charge in [0.25, 0.3) is 0 Å². The second-order valence-electron chi connectivity index (χ2n) is 9.17. The maximum absolute atomic E-state index is 11.3. The highest BCUT2D eigenvalue weighted by Gasteiger charge is 2.22. The van der Waals surface area contributed by atoms with E-state index < -0.39 is 0 Å². The Morgan fingerprint density at radius 1 is 1.19 bits per heavy atom. The van der Waals surface area contributed by atoms with Gasteiger partial charge in [0.2, 0.25) is 5.91 Å². The number of nitrogens with two attached hydrogens (primary N) is 1. The Bertz CT molecular complexity index is 706. The summed E-state index contributed by atoms with van der Waals surface area (Å²) >= 11 is 0. The first-order chi connectivity index (χ1) is 14.8. The van der Waals surface area contributed by atoms with Gasteiger partial charge in [-0.1, -0.05) is 18.2 Å². The SMILES string of the molecule is CCNC(=NCc1ccccc1OC(C)(C)C)NCCCCN1CCC(C(N)=O)CC1. The maximum Gasteiger partial charge on any atom is 0.220 e. The molecule has 2 rings (SSSR count). The van der Waals surface area contributed by atoms with Crippen LogP contribution < -0.4 is 21.1 Å². The summed E-state index contributed by atoms with van der Waals surface area (Å²) in [7, 11) is 0. The number of guanidine groups is 1. The first kappa shape index (κ1) is 25.0. The normalized spacial score (nSPS) is 16.2. The Morgan fingerprint density at radius 2 is 1.90 bits per heavy atom. The van der Waals surface area contributed by atoms with Crippen molar-refractivity contribution >= 4 is 11.9 Å². The number of carbonyl (C=O) groups is 1. The molecule has 1 aromatic rings.